The third-order valence-electron chi connectivity index (χ3n) is 2.79. The van der Waals surface area contributed by atoms with Gasteiger partial charge in [0.1, 0.15) is 10.6 Å². The lowest BCUT2D eigenvalue weighted by Gasteiger charge is -2.10. The molecule has 6 heteroatoms. The molecule has 0 bridgehead atoms. The molecule has 0 saturated heterocycles. The van der Waals surface area contributed by atoms with Crippen LogP contribution in [0.2, 0.25) is 0 Å². The van der Waals surface area contributed by atoms with E-state index in [4.69, 9.17) is 4.74 Å². The zero-order chi connectivity index (χ0) is 14.7. The summed E-state index contributed by atoms with van der Waals surface area (Å²) < 4.78 is 5.08. The van der Waals surface area contributed by atoms with Crippen molar-refractivity contribution in [1.29, 1.82) is 0 Å². The number of amides is 1. The first-order valence-corrected chi connectivity index (χ1v) is 6.68. The molecule has 1 heterocycles. The van der Waals surface area contributed by atoms with E-state index in [0.29, 0.717) is 16.2 Å². The predicted octanol–water partition coefficient (Wildman–Crippen LogP) is 3.02. The minimum absolute atomic E-state index is 0.0939. The quantitative estimate of drug-likeness (QED) is 0.908. The van der Waals surface area contributed by atoms with E-state index in [1.165, 1.54) is 18.4 Å². The number of ether oxygens (including phenoxy) is 1. The van der Waals surface area contributed by atoms with Crippen molar-refractivity contribution in [2.24, 2.45) is 0 Å². The molecule has 0 aliphatic rings. The van der Waals surface area contributed by atoms with Crippen LogP contribution >= 0.6 is 11.3 Å². The highest BCUT2D eigenvalue weighted by atomic mass is 32.1. The van der Waals surface area contributed by atoms with E-state index in [-0.39, 0.29) is 17.2 Å². The number of methoxy groups -OCH3 is 1. The second-order valence-corrected chi connectivity index (χ2v) is 4.99. The minimum atomic E-state index is -1.07. The number of benzene rings is 1. The fourth-order valence-electron chi connectivity index (χ4n) is 1.86. The molecule has 2 aromatic rings. The molecular formula is C14H13NO4S. The smallest absolute Gasteiger partial charge is 0.338 e. The molecule has 0 radical (unpaired) electrons. The van der Waals surface area contributed by atoms with Gasteiger partial charge in [-0.05, 0) is 30.0 Å². The van der Waals surface area contributed by atoms with Crippen LogP contribution in [0, 0.1) is 6.92 Å². The predicted molar refractivity (Wildman–Crippen MR) is 77.0 cm³/mol. The number of anilines is 1. The molecule has 2 rings (SSSR count). The van der Waals surface area contributed by atoms with Crippen LogP contribution < -0.4 is 10.1 Å². The molecule has 0 aliphatic heterocycles. The van der Waals surface area contributed by atoms with Gasteiger partial charge in [-0.3, -0.25) is 4.79 Å². The summed E-state index contributed by atoms with van der Waals surface area (Å²) in [6.45, 7) is 1.69. The third-order valence-corrected chi connectivity index (χ3v) is 3.68. The molecular weight excluding hydrogens is 278 g/mol. The Bertz CT molecular complexity index is 663. The first-order chi connectivity index (χ1) is 9.54. The second kappa shape index (κ2) is 5.75. The van der Waals surface area contributed by atoms with Crippen molar-refractivity contribution in [2.45, 2.75) is 6.92 Å². The first-order valence-electron chi connectivity index (χ1n) is 5.80. The summed E-state index contributed by atoms with van der Waals surface area (Å²) in [5, 5.41) is 13.6. The van der Waals surface area contributed by atoms with Gasteiger partial charge in [0.15, 0.2) is 0 Å². The number of carbonyl (C=O) groups is 2. The molecule has 0 atom stereocenters. The van der Waals surface area contributed by atoms with Gasteiger partial charge in [0, 0.05) is 0 Å². The van der Waals surface area contributed by atoms with Gasteiger partial charge in [-0.1, -0.05) is 12.1 Å². The van der Waals surface area contributed by atoms with Gasteiger partial charge in [0.25, 0.3) is 5.91 Å². The number of aromatic carboxylic acids is 1. The number of carboxylic acid groups (broad SMARTS) is 1. The van der Waals surface area contributed by atoms with Gasteiger partial charge >= 0.3 is 5.97 Å². The first kappa shape index (κ1) is 14.1. The highest BCUT2D eigenvalue weighted by molar-refractivity contribution is 7.12. The van der Waals surface area contributed by atoms with Crippen LogP contribution in [-0.2, 0) is 0 Å². The summed E-state index contributed by atoms with van der Waals surface area (Å²) in [6, 6.07) is 6.64. The van der Waals surface area contributed by atoms with Crippen LogP contribution in [0.25, 0.3) is 0 Å². The van der Waals surface area contributed by atoms with Crippen molar-refractivity contribution in [2.75, 3.05) is 12.4 Å². The second-order valence-electron chi connectivity index (χ2n) is 4.07. The Balaban J connectivity index is 2.33. The third kappa shape index (κ3) is 2.65. The Labute approximate surface area is 119 Å². The lowest BCUT2D eigenvalue weighted by atomic mass is 10.1. The van der Waals surface area contributed by atoms with Crippen molar-refractivity contribution >= 4 is 28.9 Å². The maximum Gasteiger partial charge on any atom is 0.338 e. The van der Waals surface area contributed by atoms with E-state index < -0.39 is 5.97 Å². The van der Waals surface area contributed by atoms with Gasteiger partial charge < -0.3 is 15.2 Å². The van der Waals surface area contributed by atoms with Gasteiger partial charge in [0.2, 0.25) is 0 Å². The SMILES string of the molecule is COc1ccsc1C(=O)Nc1cccc(C)c1C(=O)O. The number of carboxylic acids is 1. The van der Waals surface area contributed by atoms with E-state index in [1.807, 2.05) is 0 Å². The molecule has 0 fully saturated rings. The van der Waals surface area contributed by atoms with Crippen LogP contribution in [0.15, 0.2) is 29.6 Å². The minimum Gasteiger partial charge on any atom is -0.495 e. The Morgan fingerprint density at radius 2 is 2.05 bits per heavy atom. The number of carbonyl (C=O) groups excluding carboxylic acids is 1. The van der Waals surface area contributed by atoms with Crippen LogP contribution in [0.3, 0.4) is 0 Å². The molecule has 104 valence electrons. The van der Waals surface area contributed by atoms with Crippen LogP contribution in [0.1, 0.15) is 25.6 Å². The number of hydrogen-bond acceptors (Lipinski definition) is 4. The summed E-state index contributed by atoms with van der Waals surface area (Å²) in [5.41, 5.74) is 0.961. The maximum atomic E-state index is 12.2. The Hall–Kier alpha value is -2.34. The van der Waals surface area contributed by atoms with Crippen molar-refractivity contribution in [3.8, 4) is 5.75 Å². The maximum absolute atomic E-state index is 12.2. The average molecular weight is 291 g/mol. The summed E-state index contributed by atoms with van der Waals surface area (Å²) in [4.78, 5) is 23.8. The zero-order valence-corrected chi connectivity index (χ0v) is 11.8. The van der Waals surface area contributed by atoms with E-state index in [9.17, 15) is 14.7 Å². The zero-order valence-electron chi connectivity index (χ0n) is 11.0. The number of nitrogens with one attached hydrogen (secondary N) is 1. The number of hydrogen-bond donors (Lipinski definition) is 2. The molecule has 20 heavy (non-hydrogen) atoms. The Morgan fingerprint density at radius 1 is 1.30 bits per heavy atom. The molecule has 1 amide bonds. The molecule has 1 aromatic heterocycles. The van der Waals surface area contributed by atoms with Crippen molar-refractivity contribution in [3.05, 3.63) is 45.6 Å². The van der Waals surface area contributed by atoms with Gasteiger partial charge in [-0.15, -0.1) is 11.3 Å². The molecule has 0 aliphatic carbocycles. The van der Waals surface area contributed by atoms with Gasteiger partial charge in [-0.25, -0.2) is 4.79 Å². The van der Waals surface area contributed by atoms with Crippen molar-refractivity contribution in [3.63, 3.8) is 0 Å². The van der Waals surface area contributed by atoms with Crippen molar-refractivity contribution in [1.82, 2.24) is 0 Å². The molecule has 0 saturated carbocycles. The van der Waals surface area contributed by atoms with Crippen LogP contribution in [-0.4, -0.2) is 24.1 Å². The molecule has 2 N–H and O–H groups in total. The topological polar surface area (TPSA) is 75.6 Å². The monoisotopic (exact) mass is 291 g/mol. The summed E-state index contributed by atoms with van der Waals surface area (Å²) >= 11 is 1.24. The summed E-state index contributed by atoms with van der Waals surface area (Å²) in [7, 11) is 1.48. The lowest BCUT2D eigenvalue weighted by molar-refractivity contribution is 0.0697. The van der Waals surface area contributed by atoms with Crippen molar-refractivity contribution < 1.29 is 19.4 Å². The summed E-state index contributed by atoms with van der Waals surface area (Å²) in [6.07, 6.45) is 0. The lowest BCUT2D eigenvalue weighted by Crippen LogP contribution is -2.15. The molecule has 5 nitrogen and oxygen atoms in total. The fourth-order valence-corrected chi connectivity index (χ4v) is 2.61. The summed E-state index contributed by atoms with van der Waals surface area (Å²) in [5.74, 6) is -0.987. The number of thiophene rings is 1. The van der Waals surface area contributed by atoms with E-state index in [0.717, 1.165) is 0 Å². The van der Waals surface area contributed by atoms with E-state index in [2.05, 4.69) is 5.32 Å². The van der Waals surface area contributed by atoms with E-state index in [1.54, 1.807) is 36.6 Å². The normalized spacial score (nSPS) is 10.1. The van der Waals surface area contributed by atoms with Gasteiger partial charge in [-0.2, -0.15) is 0 Å². The number of aryl methyl sites for hydroxylation is 1. The fraction of sp³-hybridized carbons (Fsp3) is 0.143. The van der Waals surface area contributed by atoms with E-state index >= 15 is 0 Å². The Kier molecular flexibility index (Phi) is 4.05. The van der Waals surface area contributed by atoms with Crippen LogP contribution in [0.5, 0.6) is 5.75 Å². The highest BCUT2D eigenvalue weighted by Crippen LogP contribution is 2.27. The molecule has 0 spiro atoms. The van der Waals surface area contributed by atoms with Crippen LogP contribution in [0.4, 0.5) is 5.69 Å². The largest absolute Gasteiger partial charge is 0.495 e. The average Bonchev–Trinajstić information content (AvgIpc) is 2.86. The molecule has 1 aromatic carbocycles. The number of rotatable bonds is 4. The molecule has 0 unspecified atom stereocenters. The van der Waals surface area contributed by atoms with Gasteiger partial charge in [0.05, 0.1) is 18.4 Å². The highest BCUT2D eigenvalue weighted by Gasteiger charge is 2.18. The standard InChI is InChI=1S/C14H13NO4S/c1-8-4-3-5-9(11(8)14(17)18)15-13(16)12-10(19-2)6-7-20-12/h3-7H,1-2H3,(H,15,16)(H,17,18). The Morgan fingerprint density at radius 3 is 2.70 bits per heavy atom.